The van der Waals surface area contributed by atoms with E-state index in [0.29, 0.717) is 12.0 Å². The summed E-state index contributed by atoms with van der Waals surface area (Å²) in [6, 6.07) is 21.5. The Hall–Kier alpha value is -1.25. The SMILES string of the molecule is CSC[C@H]1CC[C@H](c2ccccc2)[C@H](c2ccccc2)O1. The zero-order valence-corrected chi connectivity index (χ0v) is 13.3. The van der Waals surface area contributed by atoms with Gasteiger partial charge in [-0.1, -0.05) is 60.7 Å². The summed E-state index contributed by atoms with van der Waals surface area (Å²) < 4.78 is 6.46. The van der Waals surface area contributed by atoms with E-state index in [0.717, 1.165) is 12.2 Å². The van der Waals surface area contributed by atoms with Crippen molar-refractivity contribution in [2.75, 3.05) is 12.0 Å². The van der Waals surface area contributed by atoms with Crippen LogP contribution in [0, 0.1) is 0 Å². The van der Waals surface area contributed by atoms with Gasteiger partial charge in [0, 0.05) is 11.7 Å². The van der Waals surface area contributed by atoms with E-state index in [2.05, 4.69) is 66.9 Å². The van der Waals surface area contributed by atoms with Crippen LogP contribution >= 0.6 is 11.8 Å². The maximum atomic E-state index is 6.46. The molecule has 3 atom stereocenters. The summed E-state index contributed by atoms with van der Waals surface area (Å²) in [7, 11) is 0. The number of thioether (sulfide) groups is 1. The molecule has 2 heteroatoms. The number of ether oxygens (including phenoxy) is 1. The smallest absolute Gasteiger partial charge is 0.0897 e. The minimum Gasteiger partial charge on any atom is -0.369 e. The van der Waals surface area contributed by atoms with Crippen LogP contribution in [0.5, 0.6) is 0 Å². The van der Waals surface area contributed by atoms with Crippen LogP contribution in [0.1, 0.15) is 36.0 Å². The number of hydrogen-bond acceptors (Lipinski definition) is 2. The van der Waals surface area contributed by atoms with Gasteiger partial charge >= 0.3 is 0 Å². The molecule has 1 heterocycles. The van der Waals surface area contributed by atoms with Crippen LogP contribution in [-0.2, 0) is 4.74 Å². The first kappa shape index (κ1) is 14.7. The van der Waals surface area contributed by atoms with Crippen molar-refractivity contribution < 1.29 is 4.74 Å². The van der Waals surface area contributed by atoms with E-state index < -0.39 is 0 Å². The zero-order chi connectivity index (χ0) is 14.5. The first-order valence-corrected chi connectivity index (χ1v) is 9.02. The molecule has 0 N–H and O–H groups in total. The highest BCUT2D eigenvalue weighted by Gasteiger charge is 2.32. The molecule has 1 aliphatic heterocycles. The standard InChI is InChI=1S/C19H22OS/c1-21-14-17-12-13-18(15-8-4-2-5-9-15)19(20-17)16-10-6-3-7-11-16/h2-11,17-19H,12-14H2,1H3/t17-,18-,19+/m1/s1. The van der Waals surface area contributed by atoms with Crippen molar-refractivity contribution in [2.24, 2.45) is 0 Å². The van der Waals surface area contributed by atoms with Crippen LogP contribution in [0.4, 0.5) is 0 Å². The molecule has 0 unspecified atom stereocenters. The molecule has 2 aromatic rings. The Morgan fingerprint density at radius 3 is 2.14 bits per heavy atom. The lowest BCUT2D eigenvalue weighted by molar-refractivity contribution is -0.0532. The van der Waals surface area contributed by atoms with Crippen LogP contribution in [-0.4, -0.2) is 18.1 Å². The molecule has 110 valence electrons. The van der Waals surface area contributed by atoms with Crippen molar-refractivity contribution in [3.8, 4) is 0 Å². The molecule has 0 amide bonds. The molecule has 0 bridgehead atoms. The van der Waals surface area contributed by atoms with Gasteiger partial charge in [0.1, 0.15) is 0 Å². The summed E-state index contributed by atoms with van der Waals surface area (Å²) in [5.74, 6) is 1.55. The van der Waals surface area contributed by atoms with Crippen molar-refractivity contribution in [3.63, 3.8) is 0 Å². The number of rotatable bonds is 4. The Balaban J connectivity index is 1.88. The summed E-state index contributed by atoms with van der Waals surface area (Å²) in [6.07, 6.45) is 5.08. The Labute approximate surface area is 131 Å². The largest absolute Gasteiger partial charge is 0.369 e. The van der Waals surface area contributed by atoms with E-state index in [-0.39, 0.29) is 6.10 Å². The van der Waals surface area contributed by atoms with E-state index in [1.54, 1.807) is 0 Å². The molecule has 0 spiro atoms. The molecule has 21 heavy (non-hydrogen) atoms. The minimum absolute atomic E-state index is 0.180. The van der Waals surface area contributed by atoms with E-state index in [9.17, 15) is 0 Å². The highest BCUT2D eigenvalue weighted by atomic mass is 32.2. The Morgan fingerprint density at radius 2 is 1.52 bits per heavy atom. The van der Waals surface area contributed by atoms with E-state index in [4.69, 9.17) is 4.74 Å². The second-order valence-electron chi connectivity index (χ2n) is 5.64. The molecule has 2 aromatic carbocycles. The quantitative estimate of drug-likeness (QED) is 0.781. The van der Waals surface area contributed by atoms with Crippen LogP contribution in [0.2, 0.25) is 0 Å². The third-order valence-electron chi connectivity index (χ3n) is 4.21. The maximum absolute atomic E-state index is 6.46. The lowest BCUT2D eigenvalue weighted by Gasteiger charge is -2.37. The van der Waals surface area contributed by atoms with E-state index >= 15 is 0 Å². The second-order valence-corrected chi connectivity index (χ2v) is 6.55. The van der Waals surface area contributed by atoms with Crippen molar-refractivity contribution in [1.29, 1.82) is 0 Å². The van der Waals surface area contributed by atoms with Gasteiger partial charge in [-0.25, -0.2) is 0 Å². The van der Waals surface area contributed by atoms with Gasteiger partial charge in [0.15, 0.2) is 0 Å². The first-order chi connectivity index (χ1) is 10.4. The van der Waals surface area contributed by atoms with Crippen LogP contribution in [0.15, 0.2) is 60.7 Å². The van der Waals surface area contributed by atoms with Gasteiger partial charge < -0.3 is 4.74 Å². The Kier molecular flexibility index (Phi) is 5.00. The molecule has 0 aromatic heterocycles. The van der Waals surface area contributed by atoms with Crippen molar-refractivity contribution in [3.05, 3.63) is 71.8 Å². The summed E-state index contributed by atoms with van der Waals surface area (Å²) in [5, 5.41) is 0. The normalized spacial score (nSPS) is 25.7. The highest BCUT2D eigenvalue weighted by molar-refractivity contribution is 7.98. The van der Waals surface area contributed by atoms with Gasteiger partial charge in [0.25, 0.3) is 0 Å². The summed E-state index contributed by atoms with van der Waals surface area (Å²) in [6.45, 7) is 0. The molecular weight excluding hydrogens is 276 g/mol. The second kappa shape index (κ2) is 7.15. The molecule has 0 saturated carbocycles. The molecular formula is C19H22OS. The van der Waals surface area contributed by atoms with Crippen LogP contribution in [0.3, 0.4) is 0 Å². The summed E-state index contributed by atoms with van der Waals surface area (Å²) in [5.41, 5.74) is 2.70. The fourth-order valence-corrected chi connectivity index (χ4v) is 3.81. The Bertz CT molecular complexity index is 540. The minimum atomic E-state index is 0.180. The van der Waals surface area contributed by atoms with Crippen LogP contribution in [0.25, 0.3) is 0 Å². The highest BCUT2D eigenvalue weighted by Crippen LogP contribution is 2.43. The lowest BCUT2D eigenvalue weighted by Crippen LogP contribution is -2.29. The fourth-order valence-electron chi connectivity index (χ4n) is 3.19. The average molecular weight is 298 g/mol. The fraction of sp³-hybridized carbons (Fsp3) is 0.368. The maximum Gasteiger partial charge on any atom is 0.0897 e. The van der Waals surface area contributed by atoms with E-state index in [1.165, 1.54) is 17.5 Å². The monoisotopic (exact) mass is 298 g/mol. The predicted octanol–water partition coefficient (Wildman–Crippen LogP) is 5.05. The van der Waals surface area contributed by atoms with Gasteiger partial charge in [-0.05, 0) is 30.2 Å². The summed E-state index contributed by atoms with van der Waals surface area (Å²) in [4.78, 5) is 0. The van der Waals surface area contributed by atoms with Crippen molar-refractivity contribution in [2.45, 2.75) is 31.0 Å². The summed E-state index contributed by atoms with van der Waals surface area (Å²) >= 11 is 1.88. The molecule has 1 saturated heterocycles. The van der Waals surface area contributed by atoms with Crippen molar-refractivity contribution in [1.82, 2.24) is 0 Å². The third kappa shape index (κ3) is 3.50. The van der Waals surface area contributed by atoms with E-state index in [1.807, 2.05) is 11.8 Å². The van der Waals surface area contributed by atoms with Gasteiger partial charge in [0.2, 0.25) is 0 Å². The van der Waals surface area contributed by atoms with Crippen molar-refractivity contribution >= 4 is 11.8 Å². The molecule has 1 aliphatic rings. The van der Waals surface area contributed by atoms with Gasteiger partial charge in [-0.15, -0.1) is 0 Å². The number of benzene rings is 2. The molecule has 1 fully saturated rings. The molecule has 3 rings (SSSR count). The first-order valence-electron chi connectivity index (χ1n) is 7.63. The topological polar surface area (TPSA) is 9.23 Å². The van der Waals surface area contributed by atoms with Crippen LogP contribution < -0.4 is 0 Å². The number of hydrogen-bond donors (Lipinski definition) is 0. The molecule has 1 nitrogen and oxygen atoms in total. The van der Waals surface area contributed by atoms with Gasteiger partial charge in [-0.3, -0.25) is 0 Å². The molecule has 0 radical (unpaired) electrons. The Morgan fingerprint density at radius 1 is 0.905 bits per heavy atom. The predicted molar refractivity (Wildman–Crippen MR) is 90.9 cm³/mol. The van der Waals surface area contributed by atoms with Gasteiger partial charge in [-0.2, -0.15) is 11.8 Å². The average Bonchev–Trinajstić information content (AvgIpc) is 2.57. The third-order valence-corrected chi connectivity index (χ3v) is 4.92. The lowest BCUT2D eigenvalue weighted by atomic mass is 9.83. The zero-order valence-electron chi connectivity index (χ0n) is 12.4. The molecule has 0 aliphatic carbocycles. The van der Waals surface area contributed by atoms with Gasteiger partial charge in [0.05, 0.1) is 12.2 Å².